The zero-order chi connectivity index (χ0) is 19.5. The van der Waals surface area contributed by atoms with Crippen LogP contribution in [0.1, 0.15) is 51.1 Å². The number of carbonyl (C=O) groups is 2. The molecule has 0 aliphatic heterocycles. The van der Waals surface area contributed by atoms with E-state index in [4.69, 9.17) is 9.26 Å². The lowest BCUT2D eigenvalue weighted by Crippen LogP contribution is -2.26. The summed E-state index contributed by atoms with van der Waals surface area (Å²) in [5, 5.41) is 8.28. The number of ether oxygens (including phenoxy) is 1. The molecule has 3 aromatic rings. The average molecular weight is 396 g/mol. The first kappa shape index (κ1) is 18.4. The lowest BCUT2D eigenvalue weighted by atomic mass is 9.96. The number of rotatable bonds is 5. The fourth-order valence-corrected chi connectivity index (χ4v) is 4.47. The lowest BCUT2D eigenvalue weighted by molar-refractivity contribution is -0.125. The first-order chi connectivity index (χ1) is 13.6. The van der Waals surface area contributed by atoms with Crippen LogP contribution in [-0.2, 0) is 22.4 Å². The van der Waals surface area contributed by atoms with E-state index in [9.17, 15) is 9.59 Å². The first-order valence-electron chi connectivity index (χ1n) is 9.21. The number of fused-ring (bicyclic) bond motifs is 1. The highest BCUT2D eigenvalue weighted by atomic mass is 32.1. The third kappa shape index (κ3) is 3.84. The van der Waals surface area contributed by atoms with E-state index >= 15 is 0 Å². The van der Waals surface area contributed by atoms with Gasteiger partial charge in [-0.3, -0.25) is 4.79 Å². The summed E-state index contributed by atoms with van der Waals surface area (Å²) in [6, 6.07) is 10.6. The van der Waals surface area contributed by atoms with Gasteiger partial charge in [0.25, 0.3) is 5.91 Å². The molecule has 2 heterocycles. The minimum atomic E-state index is -1.08. The summed E-state index contributed by atoms with van der Waals surface area (Å²) in [7, 11) is 0. The largest absolute Gasteiger partial charge is 0.444 e. The second-order valence-electron chi connectivity index (χ2n) is 6.77. The smallest absolute Gasteiger partial charge is 0.340 e. The highest BCUT2D eigenvalue weighted by molar-refractivity contribution is 7.10. The standard InChI is InChI=1S/C21H20N2O4S/c1-13-11-18(23-27-13)22-20(24)19(14-7-3-2-4-8-14)26-21(25)16-12-28-17-10-6-5-9-15(16)17/h2-4,7-8,11-12,19H,5-6,9-10H2,1H3,(H,22,23,24). The molecule has 0 spiro atoms. The van der Waals surface area contributed by atoms with Gasteiger partial charge in [-0.25, -0.2) is 4.79 Å². The number of carbonyl (C=O) groups excluding carboxylic acids is 2. The number of nitrogens with one attached hydrogen (secondary N) is 1. The van der Waals surface area contributed by atoms with Crippen molar-refractivity contribution in [2.45, 2.75) is 38.7 Å². The Balaban J connectivity index is 1.58. The topological polar surface area (TPSA) is 81.4 Å². The number of aryl methyl sites for hydroxylation is 2. The second kappa shape index (κ2) is 7.98. The van der Waals surface area contributed by atoms with Gasteiger partial charge in [0.15, 0.2) is 5.82 Å². The summed E-state index contributed by atoms with van der Waals surface area (Å²) in [5.74, 6) is -0.0856. The van der Waals surface area contributed by atoms with Crippen molar-refractivity contribution in [3.05, 3.63) is 69.1 Å². The summed E-state index contributed by atoms with van der Waals surface area (Å²) in [4.78, 5) is 27.0. The Labute approximate surface area is 166 Å². The van der Waals surface area contributed by atoms with Gasteiger partial charge in [0.05, 0.1) is 5.56 Å². The number of hydrogen-bond acceptors (Lipinski definition) is 6. The van der Waals surface area contributed by atoms with Crippen molar-refractivity contribution in [1.82, 2.24) is 5.16 Å². The fourth-order valence-electron chi connectivity index (χ4n) is 3.35. The molecule has 1 N–H and O–H groups in total. The number of hydrogen-bond donors (Lipinski definition) is 1. The van der Waals surface area contributed by atoms with Gasteiger partial charge in [-0.15, -0.1) is 11.3 Å². The monoisotopic (exact) mass is 396 g/mol. The second-order valence-corrected chi connectivity index (χ2v) is 7.73. The van der Waals surface area contributed by atoms with Crippen LogP contribution in [0, 0.1) is 6.92 Å². The molecule has 1 atom stereocenters. The molecule has 2 aromatic heterocycles. The molecule has 0 saturated heterocycles. The lowest BCUT2D eigenvalue weighted by Gasteiger charge is -2.18. The van der Waals surface area contributed by atoms with Crippen molar-refractivity contribution >= 4 is 29.0 Å². The molecule has 6 nitrogen and oxygen atoms in total. The average Bonchev–Trinajstić information content (AvgIpc) is 3.32. The van der Waals surface area contributed by atoms with Gasteiger partial charge in [-0.2, -0.15) is 0 Å². The molecule has 28 heavy (non-hydrogen) atoms. The minimum absolute atomic E-state index is 0.285. The maximum Gasteiger partial charge on any atom is 0.340 e. The normalized spacial score (nSPS) is 14.2. The molecule has 1 amide bonds. The molecular weight excluding hydrogens is 376 g/mol. The molecular formula is C21H20N2O4S. The summed E-state index contributed by atoms with van der Waals surface area (Å²) < 4.78 is 10.7. The van der Waals surface area contributed by atoms with E-state index in [1.54, 1.807) is 48.6 Å². The van der Waals surface area contributed by atoms with Crippen LogP contribution in [0.2, 0.25) is 0 Å². The maximum absolute atomic E-state index is 12.9. The summed E-state index contributed by atoms with van der Waals surface area (Å²) in [5.41, 5.74) is 2.24. The molecule has 1 aliphatic carbocycles. The molecule has 144 valence electrons. The van der Waals surface area contributed by atoms with Crippen LogP contribution in [0.15, 0.2) is 46.3 Å². The van der Waals surface area contributed by atoms with Crippen LogP contribution in [0.25, 0.3) is 0 Å². The van der Waals surface area contributed by atoms with Crippen molar-refractivity contribution in [3.8, 4) is 0 Å². The molecule has 7 heteroatoms. The molecule has 1 aromatic carbocycles. The van der Waals surface area contributed by atoms with Crippen molar-refractivity contribution in [2.24, 2.45) is 0 Å². The van der Waals surface area contributed by atoms with Gasteiger partial charge >= 0.3 is 5.97 Å². The summed E-state index contributed by atoms with van der Waals surface area (Å²) in [6.07, 6.45) is 3.02. The van der Waals surface area contributed by atoms with Gasteiger partial charge in [0.1, 0.15) is 5.76 Å². The number of nitrogens with zero attached hydrogens (tertiary/aromatic N) is 1. The zero-order valence-corrected chi connectivity index (χ0v) is 16.3. The van der Waals surface area contributed by atoms with E-state index in [1.807, 2.05) is 11.4 Å². The van der Waals surface area contributed by atoms with Gasteiger partial charge < -0.3 is 14.6 Å². The highest BCUT2D eigenvalue weighted by Gasteiger charge is 2.29. The van der Waals surface area contributed by atoms with Crippen LogP contribution in [0.3, 0.4) is 0 Å². The Hall–Kier alpha value is -2.93. The third-order valence-electron chi connectivity index (χ3n) is 4.73. The van der Waals surface area contributed by atoms with Crippen molar-refractivity contribution in [3.63, 3.8) is 0 Å². The Bertz CT molecular complexity index is 993. The zero-order valence-electron chi connectivity index (χ0n) is 15.4. The van der Waals surface area contributed by atoms with E-state index in [0.29, 0.717) is 16.9 Å². The van der Waals surface area contributed by atoms with E-state index < -0.39 is 18.0 Å². The summed E-state index contributed by atoms with van der Waals surface area (Å²) in [6.45, 7) is 1.73. The molecule has 1 unspecified atom stereocenters. The predicted octanol–water partition coefficient (Wildman–Crippen LogP) is 4.46. The molecule has 1 aliphatic rings. The number of aromatic nitrogens is 1. The molecule has 0 bridgehead atoms. The van der Waals surface area contributed by atoms with Crippen LogP contribution in [0.5, 0.6) is 0 Å². The van der Waals surface area contributed by atoms with Gasteiger partial charge in [-0.1, -0.05) is 35.5 Å². The minimum Gasteiger partial charge on any atom is -0.444 e. The number of thiophene rings is 1. The van der Waals surface area contributed by atoms with Gasteiger partial charge in [0.2, 0.25) is 6.10 Å². The van der Waals surface area contributed by atoms with E-state index in [0.717, 1.165) is 31.2 Å². The Kier molecular flexibility index (Phi) is 5.25. The van der Waals surface area contributed by atoms with Gasteiger partial charge in [-0.05, 0) is 38.2 Å². The quantitative estimate of drug-likeness (QED) is 0.644. The van der Waals surface area contributed by atoms with Crippen LogP contribution < -0.4 is 5.32 Å². The highest BCUT2D eigenvalue weighted by Crippen LogP contribution is 2.32. The van der Waals surface area contributed by atoms with Crippen molar-refractivity contribution in [2.75, 3.05) is 5.32 Å². The third-order valence-corrected chi connectivity index (χ3v) is 5.81. The SMILES string of the molecule is Cc1cc(NC(=O)C(OC(=O)c2csc3c2CCCC3)c2ccccc2)no1. The molecule has 0 radical (unpaired) electrons. The Morgan fingerprint density at radius 3 is 2.75 bits per heavy atom. The van der Waals surface area contributed by atoms with Crippen LogP contribution in [-0.4, -0.2) is 17.0 Å². The first-order valence-corrected chi connectivity index (χ1v) is 10.1. The van der Waals surface area contributed by atoms with Crippen molar-refractivity contribution < 1.29 is 18.8 Å². The number of esters is 1. The molecule has 4 rings (SSSR count). The predicted molar refractivity (Wildman–Crippen MR) is 105 cm³/mol. The number of anilines is 1. The molecule has 0 saturated carbocycles. The van der Waals surface area contributed by atoms with Crippen LogP contribution >= 0.6 is 11.3 Å². The Morgan fingerprint density at radius 1 is 1.21 bits per heavy atom. The fraction of sp³-hybridized carbons (Fsp3) is 0.286. The maximum atomic E-state index is 12.9. The number of amides is 1. The van der Waals surface area contributed by atoms with Gasteiger partial charge in [0, 0.05) is 21.9 Å². The summed E-state index contributed by atoms with van der Waals surface area (Å²) >= 11 is 1.59. The Morgan fingerprint density at radius 2 is 2.00 bits per heavy atom. The van der Waals surface area contributed by atoms with E-state index in [2.05, 4.69) is 10.5 Å². The van der Waals surface area contributed by atoms with E-state index in [1.165, 1.54) is 4.88 Å². The van der Waals surface area contributed by atoms with E-state index in [-0.39, 0.29) is 5.82 Å². The molecule has 0 fully saturated rings. The van der Waals surface area contributed by atoms with Crippen LogP contribution in [0.4, 0.5) is 5.82 Å². The van der Waals surface area contributed by atoms with Crippen molar-refractivity contribution in [1.29, 1.82) is 0 Å². The number of benzene rings is 1.